The summed E-state index contributed by atoms with van der Waals surface area (Å²) in [6.45, 7) is 13.7. The van der Waals surface area contributed by atoms with Crippen molar-refractivity contribution in [2.75, 3.05) is 11.9 Å². The summed E-state index contributed by atoms with van der Waals surface area (Å²) in [6.07, 6.45) is 18.2. The van der Waals surface area contributed by atoms with Crippen LogP contribution in [-0.2, 0) is 4.74 Å². The highest BCUT2D eigenvalue weighted by Gasteiger charge is 2.23. The largest absolute Gasteiger partial charge is 0.498 e. The number of anilines is 1. The summed E-state index contributed by atoms with van der Waals surface area (Å²) in [5.74, 6) is 1.56. The Balaban J connectivity index is 2.32. The van der Waals surface area contributed by atoms with Crippen LogP contribution in [-0.4, -0.2) is 6.61 Å². The van der Waals surface area contributed by atoms with Crippen molar-refractivity contribution in [3.05, 3.63) is 76.7 Å². The normalized spacial score (nSPS) is 18.0. The highest BCUT2D eigenvalue weighted by molar-refractivity contribution is 5.88. The Hall–Kier alpha value is -2.68. The minimum Gasteiger partial charge on any atom is -0.498 e. The lowest BCUT2D eigenvalue weighted by Gasteiger charge is -2.26. The molecule has 1 aliphatic heterocycles. The van der Waals surface area contributed by atoms with E-state index in [-0.39, 0.29) is 0 Å². The van der Waals surface area contributed by atoms with Crippen LogP contribution >= 0.6 is 0 Å². The van der Waals surface area contributed by atoms with Gasteiger partial charge in [0.2, 0.25) is 0 Å². The zero-order chi connectivity index (χ0) is 23.1. The number of rotatable bonds is 7. The molecule has 1 aromatic carbocycles. The Morgan fingerprint density at radius 2 is 2.09 bits per heavy atom. The summed E-state index contributed by atoms with van der Waals surface area (Å²) in [7, 11) is 0. The van der Waals surface area contributed by atoms with Crippen molar-refractivity contribution >= 4 is 17.0 Å². The molecule has 172 valence electrons. The average Bonchev–Trinajstić information content (AvgIpc) is 2.88. The molecular weight excluding hydrogens is 392 g/mol. The number of ether oxygens (including phenoxy) is 1. The first-order valence-corrected chi connectivity index (χ1v) is 12.3. The van der Waals surface area contributed by atoms with E-state index in [2.05, 4.69) is 70.0 Å². The van der Waals surface area contributed by atoms with Crippen molar-refractivity contribution in [2.45, 2.75) is 78.6 Å². The summed E-state index contributed by atoms with van der Waals surface area (Å²) in [6, 6.07) is 2.33. The highest BCUT2D eigenvalue weighted by atomic mass is 16.5. The first-order chi connectivity index (χ1) is 15.5. The molecule has 0 saturated heterocycles. The Morgan fingerprint density at radius 3 is 2.81 bits per heavy atom. The van der Waals surface area contributed by atoms with Gasteiger partial charge in [-0.25, -0.2) is 0 Å². The van der Waals surface area contributed by atoms with Gasteiger partial charge in [0.1, 0.15) is 0 Å². The van der Waals surface area contributed by atoms with Crippen LogP contribution in [0.15, 0.2) is 54.5 Å². The number of benzene rings is 1. The monoisotopic (exact) mass is 432 g/mol. The fraction of sp³-hybridized carbons (Fsp3) is 0.448. The molecule has 0 radical (unpaired) electrons. The third-order valence-electron chi connectivity index (χ3n) is 6.57. The lowest BCUT2D eigenvalue weighted by Crippen LogP contribution is -2.11. The highest BCUT2D eigenvalue weighted by Crippen LogP contribution is 2.42. The van der Waals surface area contributed by atoms with Crippen LogP contribution in [0.5, 0.6) is 0 Å². The Morgan fingerprint density at radius 1 is 1.28 bits per heavy atom. The minimum absolute atomic E-state index is 0.374. The van der Waals surface area contributed by atoms with Gasteiger partial charge in [0.25, 0.3) is 0 Å². The van der Waals surface area contributed by atoms with Crippen LogP contribution in [0, 0.1) is 6.92 Å². The van der Waals surface area contributed by atoms with E-state index in [1.165, 1.54) is 33.6 Å². The van der Waals surface area contributed by atoms with Gasteiger partial charge in [-0.2, -0.15) is 0 Å². The second-order valence-electron chi connectivity index (χ2n) is 8.92. The SMILES string of the molecule is C=CNc1c(/C(N)=C\CC)c(C)cc(C2=CC3=C(CCCC=C2)OCCC3)c1C(C)CC. The van der Waals surface area contributed by atoms with E-state index in [4.69, 9.17) is 10.5 Å². The maximum Gasteiger partial charge on any atom is 0.0991 e. The van der Waals surface area contributed by atoms with Gasteiger partial charge in [-0.15, -0.1) is 0 Å². The van der Waals surface area contributed by atoms with E-state index < -0.39 is 0 Å². The van der Waals surface area contributed by atoms with Crippen molar-refractivity contribution < 1.29 is 4.74 Å². The number of nitrogens with two attached hydrogens (primary N) is 1. The van der Waals surface area contributed by atoms with E-state index >= 15 is 0 Å². The fourth-order valence-corrected chi connectivity index (χ4v) is 4.80. The van der Waals surface area contributed by atoms with Gasteiger partial charge >= 0.3 is 0 Å². The molecule has 1 heterocycles. The first-order valence-electron chi connectivity index (χ1n) is 12.3. The maximum atomic E-state index is 6.56. The molecule has 1 aromatic rings. The third-order valence-corrected chi connectivity index (χ3v) is 6.57. The molecule has 0 fully saturated rings. The third kappa shape index (κ3) is 5.20. The van der Waals surface area contributed by atoms with Crippen LogP contribution in [0.25, 0.3) is 11.3 Å². The average molecular weight is 433 g/mol. The van der Waals surface area contributed by atoms with Crippen molar-refractivity contribution in [2.24, 2.45) is 5.73 Å². The van der Waals surface area contributed by atoms with Gasteiger partial charge in [-0.3, -0.25) is 0 Å². The standard InChI is InChI=1S/C29H40N2O/c1-6-13-25(30)28-21(5)18-24(27(20(4)7-2)29(28)31-8-3)22-14-10-9-11-16-26-23(19-22)15-12-17-32-26/h8,10,13-14,18-20,31H,3,6-7,9,11-12,15-17,30H2,1-2,4-5H3/b14-10?,22-19?,25-13+. The molecule has 1 unspecified atom stereocenters. The van der Waals surface area contributed by atoms with E-state index in [1.54, 1.807) is 6.20 Å². The molecule has 0 aromatic heterocycles. The topological polar surface area (TPSA) is 47.3 Å². The second-order valence-corrected chi connectivity index (χ2v) is 8.92. The number of nitrogens with one attached hydrogen (secondary N) is 1. The molecular formula is C29H40N2O. The van der Waals surface area contributed by atoms with E-state index in [9.17, 15) is 0 Å². The predicted octanol–water partition coefficient (Wildman–Crippen LogP) is 7.96. The molecule has 0 saturated carbocycles. The molecule has 1 atom stereocenters. The van der Waals surface area contributed by atoms with E-state index in [0.29, 0.717) is 5.92 Å². The Kier molecular flexibility index (Phi) is 8.44. The van der Waals surface area contributed by atoms with Gasteiger partial charge in [-0.1, -0.05) is 51.6 Å². The molecule has 0 amide bonds. The summed E-state index contributed by atoms with van der Waals surface area (Å²) in [5, 5.41) is 3.47. The van der Waals surface area contributed by atoms with Crippen LogP contribution in [0.2, 0.25) is 0 Å². The van der Waals surface area contributed by atoms with Crippen LogP contribution in [0.1, 0.15) is 93.9 Å². The predicted molar refractivity (Wildman–Crippen MR) is 139 cm³/mol. The lowest BCUT2D eigenvalue weighted by atomic mass is 9.83. The van der Waals surface area contributed by atoms with Crippen LogP contribution in [0.4, 0.5) is 5.69 Å². The molecule has 1 aliphatic carbocycles. The van der Waals surface area contributed by atoms with Crippen molar-refractivity contribution in [1.82, 2.24) is 0 Å². The Bertz CT molecular complexity index is 962. The number of hydrogen-bond acceptors (Lipinski definition) is 3. The summed E-state index contributed by atoms with van der Waals surface area (Å²) in [5.41, 5.74) is 16.0. The van der Waals surface area contributed by atoms with Gasteiger partial charge in [-0.05, 0) is 91.5 Å². The van der Waals surface area contributed by atoms with Crippen LogP contribution < -0.4 is 11.1 Å². The quantitative estimate of drug-likeness (QED) is 0.459. The number of allylic oxidation sites excluding steroid dienone is 7. The summed E-state index contributed by atoms with van der Waals surface area (Å²) in [4.78, 5) is 0. The van der Waals surface area contributed by atoms with Crippen LogP contribution in [0.3, 0.4) is 0 Å². The summed E-state index contributed by atoms with van der Waals surface area (Å²) >= 11 is 0. The summed E-state index contributed by atoms with van der Waals surface area (Å²) < 4.78 is 6.08. The molecule has 0 bridgehead atoms. The zero-order valence-corrected chi connectivity index (χ0v) is 20.4. The smallest absolute Gasteiger partial charge is 0.0991 e. The first kappa shape index (κ1) is 24.0. The minimum atomic E-state index is 0.374. The van der Waals surface area contributed by atoms with Crippen molar-refractivity contribution in [3.8, 4) is 0 Å². The lowest BCUT2D eigenvalue weighted by molar-refractivity contribution is 0.178. The molecule has 3 N–H and O–H groups in total. The second kappa shape index (κ2) is 11.3. The van der Waals surface area contributed by atoms with Gasteiger partial charge in [0, 0.05) is 17.7 Å². The van der Waals surface area contributed by atoms with E-state index in [0.717, 1.165) is 68.5 Å². The molecule has 2 aliphatic rings. The van der Waals surface area contributed by atoms with Gasteiger partial charge in [0.05, 0.1) is 18.1 Å². The number of aryl methyl sites for hydroxylation is 1. The Labute approximate surface area is 194 Å². The fourth-order valence-electron chi connectivity index (χ4n) is 4.80. The van der Waals surface area contributed by atoms with E-state index in [1.807, 2.05) is 0 Å². The molecule has 0 spiro atoms. The molecule has 3 heteroatoms. The van der Waals surface area contributed by atoms with Crippen molar-refractivity contribution in [3.63, 3.8) is 0 Å². The number of hydrogen-bond donors (Lipinski definition) is 2. The van der Waals surface area contributed by atoms with Gasteiger partial charge < -0.3 is 15.8 Å². The zero-order valence-electron chi connectivity index (χ0n) is 20.4. The maximum absolute atomic E-state index is 6.56. The van der Waals surface area contributed by atoms with Gasteiger partial charge in [0.15, 0.2) is 0 Å². The van der Waals surface area contributed by atoms with Crippen molar-refractivity contribution in [1.29, 1.82) is 0 Å². The molecule has 3 rings (SSSR count). The molecule has 32 heavy (non-hydrogen) atoms. The molecule has 3 nitrogen and oxygen atoms in total.